The lowest BCUT2D eigenvalue weighted by atomic mass is 9.86. The second kappa shape index (κ2) is 4.52. The molecular weight excluding hydrogens is 200 g/mol. The average Bonchev–Trinajstić information content (AvgIpc) is 2.71. The molecule has 1 aromatic rings. The number of allylic oxidation sites excluding steroid dienone is 1. The van der Waals surface area contributed by atoms with Gasteiger partial charge in [-0.2, -0.15) is 0 Å². The van der Waals surface area contributed by atoms with E-state index in [1.165, 1.54) is 0 Å². The third-order valence-corrected chi connectivity index (χ3v) is 3.09. The van der Waals surface area contributed by atoms with E-state index in [-0.39, 0.29) is 5.97 Å². The minimum atomic E-state index is -0.410. The summed E-state index contributed by atoms with van der Waals surface area (Å²) in [5.74, 6) is -0.0899. The molecule has 0 aliphatic carbocycles. The Kier molecular flexibility index (Phi) is 3.09. The van der Waals surface area contributed by atoms with Crippen molar-refractivity contribution in [3.8, 4) is 0 Å². The first kappa shape index (κ1) is 10.9. The van der Waals surface area contributed by atoms with Gasteiger partial charge in [-0.15, -0.1) is 6.58 Å². The zero-order valence-corrected chi connectivity index (χ0v) is 9.32. The fourth-order valence-corrected chi connectivity index (χ4v) is 2.22. The Morgan fingerprint density at radius 2 is 2.12 bits per heavy atom. The molecule has 1 aliphatic rings. The maximum atomic E-state index is 11.3. The smallest absolute Gasteiger partial charge is 0.306 e. The number of esters is 1. The zero-order chi connectivity index (χ0) is 11.4. The van der Waals surface area contributed by atoms with E-state index in [4.69, 9.17) is 4.74 Å². The van der Waals surface area contributed by atoms with E-state index in [1.807, 2.05) is 36.4 Å². The van der Waals surface area contributed by atoms with Crippen molar-refractivity contribution < 1.29 is 9.53 Å². The largest absolute Gasteiger partial charge is 0.454 e. The maximum Gasteiger partial charge on any atom is 0.306 e. The Morgan fingerprint density at radius 1 is 1.38 bits per heavy atom. The summed E-state index contributed by atoms with van der Waals surface area (Å²) in [6, 6.07) is 10.00. The van der Waals surface area contributed by atoms with Gasteiger partial charge in [0.25, 0.3) is 0 Å². The lowest BCUT2D eigenvalue weighted by Gasteiger charge is -2.27. The first-order valence-electron chi connectivity index (χ1n) is 5.65. The van der Waals surface area contributed by atoms with Crippen LogP contribution in [-0.2, 0) is 15.1 Å². The minimum absolute atomic E-state index is 0.0899. The molecule has 1 aromatic carbocycles. The Morgan fingerprint density at radius 3 is 2.69 bits per heavy atom. The van der Waals surface area contributed by atoms with Gasteiger partial charge in [0.1, 0.15) is 5.60 Å². The van der Waals surface area contributed by atoms with Crippen molar-refractivity contribution in [1.82, 2.24) is 0 Å². The average molecular weight is 216 g/mol. The molecule has 1 unspecified atom stereocenters. The van der Waals surface area contributed by atoms with Crippen LogP contribution < -0.4 is 0 Å². The molecule has 0 radical (unpaired) electrons. The number of benzene rings is 1. The predicted molar refractivity (Wildman–Crippen MR) is 62.9 cm³/mol. The normalized spacial score (nSPS) is 24.1. The van der Waals surface area contributed by atoms with Crippen molar-refractivity contribution in [2.45, 2.75) is 31.3 Å². The number of rotatable bonds is 4. The van der Waals surface area contributed by atoms with Gasteiger partial charge >= 0.3 is 5.97 Å². The summed E-state index contributed by atoms with van der Waals surface area (Å²) in [7, 11) is 0. The fourth-order valence-electron chi connectivity index (χ4n) is 2.22. The number of ether oxygens (including phenoxy) is 1. The molecule has 0 amide bonds. The second-order valence-electron chi connectivity index (χ2n) is 4.16. The third kappa shape index (κ3) is 2.01. The van der Waals surface area contributed by atoms with E-state index in [9.17, 15) is 4.79 Å². The molecule has 0 aromatic heterocycles. The molecule has 0 N–H and O–H groups in total. The van der Waals surface area contributed by atoms with Crippen LogP contribution in [0.25, 0.3) is 0 Å². The number of hydrogen-bond donors (Lipinski definition) is 0. The van der Waals surface area contributed by atoms with Crippen molar-refractivity contribution in [3.05, 3.63) is 48.6 Å². The summed E-state index contributed by atoms with van der Waals surface area (Å²) in [6.45, 7) is 3.72. The minimum Gasteiger partial charge on any atom is -0.454 e. The maximum absolute atomic E-state index is 11.3. The molecule has 1 heterocycles. The molecule has 1 aliphatic heterocycles. The van der Waals surface area contributed by atoms with Gasteiger partial charge in [-0.05, 0) is 18.4 Å². The standard InChI is InChI=1S/C14H16O2/c1-2-3-10-14(11-9-13(15)16-14)12-7-5-4-6-8-12/h2,4-8H,1,3,9-11H2. The Hall–Kier alpha value is -1.57. The SMILES string of the molecule is C=CCCC1(c2ccccc2)CCC(=O)O1. The molecule has 2 heteroatoms. The summed E-state index contributed by atoms with van der Waals surface area (Å²) in [5.41, 5.74) is 0.690. The van der Waals surface area contributed by atoms with Gasteiger partial charge in [0.2, 0.25) is 0 Å². The van der Waals surface area contributed by atoms with Crippen molar-refractivity contribution >= 4 is 5.97 Å². The molecule has 16 heavy (non-hydrogen) atoms. The van der Waals surface area contributed by atoms with Crippen LogP contribution in [0.5, 0.6) is 0 Å². The van der Waals surface area contributed by atoms with E-state index in [1.54, 1.807) is 0 Å². The summed E-state index contributed by atoms with van der Waals surface area (Å²) in [4.78, 5) is 11.3. The van der Waals surface area contributed by atoms with E-state index in [2.05, 4.69) is 6.58 Å². The van der Waals surface area contributed by atoms with Crippen LogP contribution in [-0.4, -0.2) is 5.97 Å². The molecule has 2 rings (SSSR count). The summed E-state index contributed by atoms with van der Waals surface area (Å²) in [6.07, 6.45) is 4.86. The van der Waals surface area contributed by atoms with Crippen LogP contribution in [0.15, 0.2) is 43.0 Å². The zero-order valence-electron chi connectivity index (χ0n) is 9.32. The van der Waals surface area contributed by atoms with Gasteiger partial charge in [-0.1, -0.05) is 36.4 Å². The quantitative estimate of drug-likeness (QED) is 0.570. The van der Waals surface area contributed by atoms with Crippen LogP contribution in [0.1, 0.15) is 31.2 Å². The van der Waals surface area contributed by atoms with Crippen molar-refractivity contribution in [3.63, 3.8) is 0 Å². The van der Waals surface area contributed by atoms with Gasteiger partial charge in [0.15, 0.2) is 0 Å². The van der Waals surface area contributed by atoms with Gasteiger partial charge in [-0.3, -0.25) is 4.79 Å². The van der Waals surface area contributed by atoms with Gasteiger partial charge < -0.3 is 4.74 Å². The Labute approximate surface area is 95.9 Å². The lowest BCUT2D eigenvalue weighted by molar-refractivity contribution is -0.149. The number of carbonyl (C=O) groups excluding carboxylic acids is 1. The van der Waals surface area contributed by atoms with Crippen LogP contribution in [0.2, 0.25) is 0 Å². The Balaban J connectivity index is 2.28. The first-order chi connectivity index (χ1) is 7.77. The van der Waals surface area contributed by atoms with E-state index in [0.29, 0.717) is 6.42 Å². The molecule has 1 atom stereocenters. The molecule has 0 saturated carbocycles. The Bertz CT molecular complexity index is 383. The van der Waals surface area contributed by atoms with Crippen molar-refractivity contribution in [2.24, 2.45) is 0 Å². The highest BCUT2D eigenvalue weighted by Crippen LogP contribution is 2.40. The molecule has 1 saturated heterocycles. The second-order valence-corrected chi connectivity index (χ2v) is 4.16. The number of hydrogen-bond acceptors (Lipinski definition) is 2. The number of cyclic esters (lactones) is 1. The third-order valence-electron chi connectivity index (χ3n) is 3.09. The van der Waals surface area contributed by atoms with E-state index < -0.39 is 5.60 Å². The van der Waals surface area contributed by atoms with Crippen LogP contribution in [0.4, 0.5) is 0 Å². The van der Waals surface area contributed by atoms with Crippen LogP contribution >= 0.6 is 0 Å². The van der Waals surface area contributed by atoms with E-state index >= 15 is 0 Å². The monoisotopic (exact) mass is 216 g/mol. The van der Waals surface area contributed by atoms with Gasteiger partial charge in [0, 0.05) is 12.8 Å². The molecular formula is C14H16O2. The van der Waals surface area contributed by atoms with Gasteiger partial charge in [-0.25, -0.2) is 0 Å². The summed E-state index contributed by atoms with van der Waals surface area (Å²) < 4.78 is 5.55. The molecule has 2 nitrogen and oxygen atoms in total. The molecule has 0 bridgehead atoms. The van der Waals surface area contributed by atoms with Crippen LogP contribution in [0, 0.1) is 0 Å². The molecule has 1 fully saturated rings. The highest BCUT2D eigenvalue weighted by atomic mass is 16.6. The fraction of sp³-hybridized carbons (Fsp3) is 0.357. The van der Waals surface area contributed by atoms with Crippen molar-refractivity contribution in [1.29, 1.82) is 0 Å². The first-order valence-corrected chi connectivity index (χ1v) is 5.65. The highest BCUT2D eigenvalue weighted by molar-refractivity contribution is 5.72. The topological polar surface area (TPSA) is 26.3 Å². The molecule has 0 spiro atoms. The summed E-state index contributed by atoms with van der Waals surface area (Å²) >= 11 is 0. The predicted octanol–water partition coefficient (Wildman–Crippen LogP) is 3.19. The molecule has 84 valence electrons. The van der Waals surface area contributed by atoms with E-state index in [0.717, 1.165) is 24.8 Å². The van der Waals surface area contributed by atoms with Crippen LogP contribution in [0.3, 0.4) is 0 Å². The number of carbonyl (C=O) groups is 1. The van der Waals surface area contributed by atoms with Gasteiger partial charge in [0.05, 0.1) is 0 Å². The summed E-state index contributed by atoms with van der Waals surface area (Å²) in [5, 5.41) is 0. The van der Waals surface area contributed by atoms with Crippen molar-refractivity contribution in [2.75, 3.05) is 0 Å². The lowest BCUT2D eigenvalue weighted by Crippen LogP contribution is -2.25. The highest BCUT2D eigenvalue weighted by Gasteiger charge is 2.40.